The van der Waals surface area contributed by atoms with Crippen molar-refractivity contribution in [2.75, 3.05) is 13.7 Å². The molecule has 1 aliphatic heterocycles. The Hall–Kier alpha value is -2.08. The number of nitrogens with zero attached hydrogens (tertiary/aromatic N) is 1. The summed E-state index contributed by atoms with van der Waals surface area (Å²) in [7, 11) is 1.43. The van der Waals surface area contributed by atoms with Gasteiger partial charge in [0.1, 0.15) is 6.61 Å². The van der Waals surface area contributed by atoms with Crippen LogP contribution >= 0.6 is 15.9 Å². The van der Waals surface area contributed by atoms with Crippen molar-refractivity contribution in [3.05, 3.63) is 63.9 Å². The minimum atomic E-state index is -0.860. The zero-order chi connectivity index (χ0) is 15.7. The number of amidine groups is 1. The lowest BCUT2D eigenvalue weighted by Crippen LogP contribution is -2.27. The normalized spacial score (nSPS) is 20.4. The standard InChI is InChI=1S/C16H14BrFN2O2/c1-21-14-6-5-11(8-13(14)18)16(9-22-15(19)20-16)10-3-2-4-12(17)7-10/h2-8H,9H2,1H3,(H2,19,20). The van der Waals surface area contributed by atoms with Crippen LogP contribution in [0.2, 0.25) is 0 Å². The van der Waals surface area contributed by atoms with Crippen LogP contribution in [-0.2, 0) is 10.3 Å². The zero-order valence-corrected chi connectivity index (χ0v) is 13.4. The first-order valence-electron chi connectivity index (χ1n) is 6.63. The number of aliphatic imine (C=N–C) groups is 1. The average molecular weight is 365 g/mol. The van der Waals surface area contributed by atoms with Crippen LogP contribution in [0.25, 0.3) is 0 Å². The fourth-order valence-electron chi connectivity index (χ4n) is 2.56. The van der Waals surface area contributed by atoms with Gasteiger partial charge in [0, 0.05) is 4.47 Å². The smallest absolute Gasteiger partial charge is 0.283 e. The minimum Gasteiger partial charge on any atom is -0.494 e. The maximum absolute atomic E-state index is 14.1. The van der Waals surface area contributed by atoms with Gasteiger partial charge in [0.05, 0.1) is 7.11 Å². The van der Waals surface area contributed by atoms with Crippen molar-refractivity contribution in [1.82, 2.24) is 0 Å². The molecule has 0 aromatic heterocycles. The molecule has 0 saturated heterocycles. The maximum atomic E-state index is 14.1. The molecule has 1 atom stereocenters. The molecule has 0 radical (unpaired) electrons. The Morgan fingerprint density at radius 1 is 1.27 bits per heavy atom. The van der Waals surface area contributed by atoms with Crippen LogP contribution in [0.3, 0.4) is 0 Å². The van der Waals surface area contributed by atoms with Gasteiger partial charge in [-0.2, -0.15) is 0 Å². The van der Waals surface area contributed by atoms with Gasteiger partial charge in [-0.15, -0.1) is 0 Å². The molecule has 4 nitrogen and oxygen atoms in total. The van der Waals surface area contributed by atoms with Crippen molar-refractivity contribution in [3.8, 4) is 5.75 Å². The predicted octanol–water partition coefficient (Wildman–Crippen LogP) is 3.19. The van der Waals surface area contributed by atoms with E-state index in [1.54, 1.807) is 12.1 Å². The third-order valence-corrected chi connectivity index (χ3v) is 4.15. The number of hydrogen-bond donors (Lipinski definition) is 1. The van der Waals surface area contributed by atoms with E-state index in [4.69, 9.17) is 15.2 Å². The Balaban J connectivity index is 2.18. The van der Waals surface area contributed by atoms with Crippen LogP contribution in [0.1, 0.15) is 11.1 Å². The van der Waals surface area contributed by atoms with Gasteiger partial charge in [-0.1, -0.05) is 34.1 Å². The number of benzene rings is 2. The van der Waals surface area contributed by atoms with Crippen LogP contribution in [0, 0.1) is 5.82 Å². The number of nitrogens with two attached hydrogens (primary N) is 1. The first kappa shape index (κ1) is 14.8. The Kier molecular flexibility index (Phi) is 3.78. The van der Waals surface area contributed by atoms with Gasteiger partial charge in [0.15, 0.2) is 17.1 Å². The third kappa shape index (κ3) is 2.43. The van der Waals surface area contributed by atoms with E-state index in [1.165, 1.54) is 13.2 Å². The van der Waals surface area contributed by atoms with Crippen molar-refractivity contribution in [2.24, 2.45) is 10.7 Å². The topological polar surface area (TPSA) is 56.8 Å². The van der Waals surface area contributed by atoms with E-state index in [9.17, 15) is 4.39 Å². The summed E-state index contributed by atoms with van der Waals surface area (Å²) in [5, 5.41) is 0. The highest BCUT2D eigenvalue weighted by Gasteiger charge is 2.40. The first-order valence-corrected chi connectivity index (χ1v) is 7.42. The highest BCUT2D eigenvalue weighted by atomic mass is 79.9. The van der Waals surface area contributed by atoms with E-state index >= 15 is 0 Å². The van der Waals surface area contributed by atoms with E-state index in [1.807, 2.05) is 24.3 Å². The van der Waals surface area contributed by atoms with Crippen LogP contribution in [0.4, 0.5) is 4.39 Å². The van der Waals surface area contributed by atoms with E-state index in [0.29, 0.717) is 5.56 Å². The molecule has 1 aliphatic rings. The molecule has 114 valence electrons. The third-order valence-electron chi connectivity index (χ3n) is 3.66. The fourth-order valence-corrected chi connectivity index (χ4v) is 2.96. The summed E-state index contributed by atoms with van der Waals surface area (Å²) in [6.07, 6.45) is 0. The molecule has 0 saturated carbocycles. The maximum Gasteiger partial charge on any atom is 0.283 e. The second-order valence-electron chi connectivity index (χ2n) is 4.96. The summed E-state index contributed by atoms with van der Waals surface area (Å²) < 4.78 is 25.4. The van der Waals surface area contributed by atoms with Gasteiger partial charge in [0.25, 0.3) is 6.02 Å². The van der Waals surface area contributed by atoms with Crippen LogP contribution in [-0.4, -0.2) is 19.7 Å². The molecule has 0 bridgehead atoms. The van der Waals surface area contributed by atoms with E-state index in [0.717, 1.165) is 10.0 Å². The SMILES string of the molecule is COc1ccc(C2(c3cccc(Br)c3)COC(N)=N2)cc1F. The summed E-state index contributed by atoms with van der Waals surface area (Å²) in [4.78, 5) is 4.44. The van der Waals surface area contributed by atoms with Crippen LogP contribution < -0.4 is 10.5 Å². The number of hydrogen-bond acceptors (Lipinski definition) is 4. The van der Waals surface area contributed by atoms with Gasteiger partial charge in [-0.05, 0) is 35.4 Å². The van der Waals surface area contributed by atoms with Gasteiger partial charge < -0.3 is 15.2 Å². The summed E-state index contributed by atoms with van der Waals surface area (Å²) in [5.41, 5.74) is 6.38. The van der Waals surface area contributed by atoms with Crippen molar-refractivity contribution < 1.29 is 13.9 Å². The fraction of sp³-hybridized carbons (Fsp3) is 0.188. The van der Waals surface area contributed by atoms with Crippen molar-refractivity contribution in [3.63, 3.8) is 0 Å². The zero-order valence-electron chi connectivity index (χ0n) is 11.8. The molecule has 3 rings (SSSR count). The first-order chi connectivity index (χ1) is 10.5. The number of methoxy groups -OCH3 is 1. The lowest BCUT2D eigenvalue weighted by atomic mass is 9.84. The van der Waals surface area contributed by atoms with Crippen LogP contribution in [0.15, 0.2) is 51.9 Å². The predicted molar refractivity (Wildman–Crippen MR) is 85.4 cm³/mol. The van der Waals surface area contributed by atoms with Gasteiger partial charge >= 0.3 is 0 Å². The summed E-state index contributed by atoms with van der Waals surface area (Å²) in [6, 6.07) is 12.5. The Morgan fingerprint density at radius 3 is 2.64 bits per heavy atom. The summed E-state index contributed by atoms with van der Waals surface area (Å²) in [5.74, 6) is -0.265. The number of rotatable bonds is 3. The molecule has 0 spiro atoms. The monoisotopic (exact) mass is 364 g/mol. The van der Waals surface area contributed by atoms with Crippen LogP contribution in [0.5, 0.6) is 5.75 Å². The Labute approximate surface area is 135 Å². The molecule has 0 fully saturated rings. The number of halogens is 2. The van der Waals surface area contributed by atoms with Gasteiger partial charge in [-0.25, -0.2) is 9.38 Å². The molecule has 0 aliphatic carbocycles. The number of ether oxygens (including phenoxy) is 2. The van der Waals surface area contributed by atoms with Gasteiger partial charge in [-0.3, -0.25) is 0 Å². The van der Waals surface area contributed by atoms with Crippen molar-refractivity contribution >= 4 is 22.0 Å². The van der Waals surface area contributed by atoms with Crippen molar-refractivity contribution in [2.45, 2.75) is 5.54 Å². The molecule has 2 aromatic rings. The molecule has 6 heteroatoms. The van der Waals surface area contributed by atoms with E-state index in [2.05, 4.69) is 20.9 Å². The van der Waals surface area contributed by atoms with Crippen molar-refractivity contribution in [1.29, 1.82) is 0 Å². The summed E-state index contributed by atoms with van der Waals surface area (Å²) >= 11 is 3.44. The Morgan fingerprint density at radius 2 is 2.05 bits per heavy atom. The largest absolute Gasteiger partial charge is 0.494 e. The quantitative estimate of drug-likeness (QED) is 0.909. The van der Waals surface area contributed by atoms with E-state index in [-0.39, 0.29) is 18.4 Å². The average Bonchev–Trinajstić information content (AvgIpc) is 2.90. The van der Waals surface area contributed by atoms with E-state index < -0.39 is 11.4 Å². The molecule has 2 aromatic carbocycles. The lowest BCUT2D eigenvalue weighted by molar-refractivity contribution is 0.278. The summed E-state index contributed by atoms with van der Waals surface area (Å²) in [6.45, 7) is 0.223. The molecular weight excluding hydrogens is 351 g/mol. The molecule has 2 N–H and O–H groups in total. The second-order valence-corrected chi connectivity index (χ2v) is 5.87. The second kappa shape index (κ2) is 5.61. The highest BCUT2D eigenvalue weighted by molar-refractivity contribution is 9.10. The molecule has 1 heterocycles. The van der Waals surface area contributed by atoms with Gasteiger partial charge in [0.2, 0.25) is 0 Å². The molecular formula is C16H14BrFN2O2. The Bertz CT molecular complexity index is 751. The lowest BCUT2D eigenvalue weighted by Gasteiger charge is -2.25. The molecule has 0 amide bonds. The molecule has 1 unspecified atom stereocenters. The minimum absolute atomic E-state index is 0.0937. The highest BCUT2D eigenvalue weighted by Crippen LogP contribution is 2.39. The molecule has 22 heavy (non-hydrogen) atoms.